The summed E-state index contributed by atoms with van der Waals surface area (Å²) in [6.45, 7) is 3.26. The smallest absolute Gasteiger partial charge is 0.323 e. The fraction of sp³-hybridized carbons (Fsp3) is 0.154. The highest BCUT2D eigenvalue weighted by atomic mass is 16.4. The van der Waals surface area contributed by atoms with Gasteiger partial charge in [0, 0.05) is 12.1 Å². The van der Waals surface area contributed by atoms with E-state index in [1.165, 1.54) is 30.3 Å². The van der Waals surface area contributed by atoms with Crippen molar-refractivity contribution in [1.29, 1.82) is 5.26 Å². The van der Waals surface area contributed by atoms with Gasteiger partial charge < -0.3 is 10.0 Å². The molecule has 0 aliphatic heterocycles. The van der Waals surface area contributed by atoms with Crippen LogP contribution in [0.4, 0.5) is 0 Å². The standard InChI is InChI=1S/C13H12N2O3/c1-2-7-15(9-12(16)17)13(18)11-5-3-10(8-14)4-6-11/h2-6H,1,7,9H2,(H,16,17). The van der Waals surface area contributed by atoms with Crippen LogP contribution < -0.4 is 0 Å². The zero-order valence-electron chi connectivity index (χ0n) is 9.67. The third-order valence-electron chi connectivity index (χ3n) is 2.22. The van der Waals surface area contributed by atoms with Crippen molar-refractivity contribution in [1.82, 2.24) is 4.90 Å². The van der Waals surface area contributed by atoms with E-state index >= 15 is 0 Å². The maximum atomic E-state index is 12.0. The number of carboxylic acids is 1. The van der Waals surface area contributed by atoms with Gasteiger partial charge in [0.2, 0.25) is 0 Å². The number of carbonyl (C=O) groups excluding carboxylic acids is 1. The predicted molar refractivity (Wildman–Crippen MR) is 64.9 cm³/mol. The number of benzene rings is 1. The van der Waals surface area contributed by atoms with Crippen LogP contribution in [0.25, 0.3) is 0 Å². The molecule has 0 aliphatic carbocycles. The van der Waals surface area contributed by atoms with Gasteiger partial charge in [0.1, 0.15) is 6.54 Å². The monoisotopic (exact) mass is 244 g/mol. The van der Waals surface area contributed by atoms with Gasteiger partial charge in [-0.1, -0.05) is 6.08 Å². The molecule has 92 valence electrons. The van der Waals surface area contributed by atoms with E-state index in [-0.39, 0.29) is 13.1 Å². The fourth-order valence-electron chi connectivity index (χ4n) is 1.41. The first-order chi connectivity index (χ1) is 8.58. The van der Waals surface area contributed by atoms with Gasteiger partial charge in [0.25, 0.3) is 5.91 Å². The van der Waals surface area contributed by atoms with Gasteiger partial charge in [-0.3, -0.25) is 9.59 Å². The summed E-state index contributed by atoms with van der Waals surface area (Å²) in [5.74, 6) is -1.49. The largest absolute Gasteiger partial charge is 0.480 e. The summed E-state index contributed by atoms with van der Waals surface area (Å²) in [5.41, 5.74) is 0.789. The number of amides is 1. The van der Waals surface area contributed by atoms with Crippen LogP contribution in [-0.2, 0) is 4.79 Å². The first-order valence-electron chi connectivity index (χ1n) is 5.20. The normalized spacial score (nSPS) is 9.28. The van der Waals surface area contributed by atoms with Crippen molar-refractivity contribution in [2.24, 2.45) is 0 Å². The molecular formula is C13H12N2O3. The van der Waals surface area contributed by atoms with Crippen LogP contribution in [0.5, 0.6) is 0 Å². The molecule has 1 aromatic rings. The van der Waals surface area contributed by atoms with E-state index in [0.717, 1.165) is 4.90 Å². The number of carbonyl (C=O) groups is 2. The van der Waals surface area contributed by atoms with Gasteiger partial charge >= 0.3 is 5.97 Å². The van der Waals surface area contributed by atoms with Crippen LogP contribution in [0.15, 0.2) is 36.9 Å². The van der Waals surface area contributed by atoms with Crippen LogP contribution in [0.3, 0.4) is 0 Å². The Morgan fingerprint density at radius 3 is 2.44 bits per heavy atom. The van der Waals surface area contributed by atoms with Crippen molar-refractivity contribution >= 4 is 11.9 Å². The third-order valence-corrected chi connectivity index (χ3v) is 2.22. The average molecular weight is 244 g/mol. The van der Waals surface area contributed by atoms with Crippen molar-refractivity contribution in [3.63, 3.8) is 0 Å². The van der Waals surface area contributed by atoms with E-state index in [1.54, 1.807) is 0 Å². The molecule has 0 unspecified atom stereocenters. The third kappa shape index (κ3) is 3.46. The number of hydrogen-bond donors (Lipinski definition) is 1. The fourth-order valence-corrected chi connectivity index (χ4v) is 1.41. The predicted octanol–water partition coefficient (Wildman–Crippen LogP) is 1.27. The molecule has 0 saturated heterocycles. The Bertz CT molecular complexity index is 500. The second-order valence-corrected chi connectivity index (χ2v) is 3.56. The van der Waals surface area contributed by atoms with Crippen molar-refractivity contribution in [3.8, 4) is 6.07 Å². The Kier molecular flexibility index (Phi) is 4.64. The van der Waals surface area contributed by atoms with E-state index in [9.17, 15) is 9.59 Å². The zero-order valence-corrected chi connectivity index (χ0v) is 9.67. The van der Waals surface area contributed by atoms with Crippen molar-refractivity contribution in [2.75, 3.05) is 13.1 Å². The Hall–Kier alpha value is -2.61. The maximum absolute atomic E-state index is 12.0. The Labute approximate surface area is 105 Å². The van der Waals surface area contributed by atoms with Gasteiger partial charge in [-0.15, -0.1) is 6.58 Å². The van der Waals surface area contributed by atoms with Gasteiger partial charge in [-0.2, -0.15) is 5.26 Å². The second kappa shape index (κ2) is 6.21. The number of rotatable bonds is 5. The molecule has 1 aromatic carbocycles. The first kappa shape index (κ1) is 13.5. The van der Waals surface area contributed by atoms with Crippen LogP contribution in [0.2, 0.25) is 0 Å². The van der Waals surface area contributed by atoms with Crippen LogP contribution in [-0.4, -0.2) is 35.0 Å². The lowest BCUT2D eigenvalue weighted by atomic mass is 10.1. The van der Waals surface area contributed by atoms with Crippen LogP contribution in [0, 0.1) is 11.3 Å². The van der Waals surface area contributed by atoms with Crippen molar-refractivity contribution in [3.05, 3.63) is 48.0 Å². The van der Waals surface area contributed by atoms with E-state index in [4.69, 9.17) is 10.4 Å². The minimum Gasteiger partial charge on any atom is -0.480 e. The van der Waals surface area contributed by atoms with Crippen molar-refractivity contribution < 1.29 is 14.7 Å². The topological polar surface area (TPSA) is 81.4 Å². The molecule has 0 radical (unpaired) electrons. The number of aliphatic carboxylic acids is 1. The second-order valence-electron chi connectivity index (χ2n) is 3.56. The lowest BCUT2D eigenvalue weighted by Crippen LogP contribution is -2.35. The maximum Gasteiger partial charge on any atom is 0.323 e. The highest BCUT2D eigenvalue weighted by Gasteiger charge is 2.17. The molecule has 1 amide bonds. The minimum absolute atomic E-state index is 0.158. The lowest BCUT2D eigenvalue weighted by Gasteiger charge is -2.18. The van der Waals surface area contributed by atoms with Crippen LogP contribution >= 0.6 is 0 Å². The summed E-state index contributed by atoms with van der Waals surface area (Å²) < 4.78 is 0. The highest BCUT2D eigenvalue weighted by Crippen LogP contribution is 2.07. The molecular weight excluding hydrogens is 232 g/mol. The molecule has 1 N–H and O–H groups in total. The molecule has 5 nitrogen and oxygen atoms in total. The summed E-state index contributed by atoms with van der Waals surface area (Å²) in [6.07, 6.45) is 1.46. The molecule has 5 heteroatoms. The summed E-state index contributed by atoms with van der Waals surface area (Å²) in [7, 11) is 0. The van der Waals surface area contributed by atoms with E-state index in [2.05, 4.69) is 6.58 Å². The van der Waals surface area contributed by atoms with E-state index in [0.29, 0.717) is 11.1 Å². The zero-order chi connectivity index (χ0) is 13.5. The molecule has 1 rings (SSSR count). The molecule has 0 bridgehead atoms. The average Bonchev–Trinajstić information content (AvgIpc) is 2.37. The molecule has 0 heterocycles. The molecule has 0 atom stereocenters. The molecule has 0 aromatic heterocycles. The van der Waals surface area contributed by atoms with E-state index < -0.39 is 11.9 Å². The molecule has 0 fully saturated rings. The quantitative estimate of drug-likeness (QED) is 0.791. The summed E-state index contributed by atoms with van der Waals surface area (Å²) in [6, 6.07) is 7.97. The lowest BCUT2D eigenvalue weighted by molar-refractivity contribution is -0.137. The number of hydrogen-bond acceptors (Lipinski definition) is 3. The van der Waals surface area contributed by atoms with E-state index in [1.807, 2.05) is 6.07 Å². The Morgan fingerprint density at radius 2 is 2.00 bits per heavy atom. The van der Waals surface area contributed by atoms with Crippen molar-refractivity contribution in [2.45, 2.75) is 0 Å². The van der Waals surface area contributed by atoms with Gasteiger partial charge in [-0.05, 0) is 24.3 Å². The van der Waals surface area contributed by atoms with Gasteiger partial charge in [0.05, 0.1) is 11.6 Å². The number of nitriles is 1. The molecule has 0 aliphatic rings. The van der Waals surface area contributed by atoms with Gasteiger partial charge in [-0.25, -0.2) is 0 Å². The minimum atomic E-state index is -1.08. The van der Waals surface area contributed by atoms with Gasteiger partial charge in [0.15, 0.2) is 0 Å². The Balaban J connectivity index is 2.90. The summed E-state index contributed by atoms with van der Waals surface area (Å²) >= 11 is 0. The molecule has 0 spiro atoms. The highest BCUT2D eigenvalue weighted by molar-refractivity contribution is 5.96. The summed E-state index contributed by atoms with van der Waals surface area (Å²) in [5, 5.41) is 17.4. The summed E-state index contributed by atoms with van der Waals surface area (Å²) in [4.78, 5) is 23.8. The first-order valence-corrected chi connectivity index (χ1v) is 5.20. The SMILES string of the molecule is C=CCN(CC(=O)O)C(=O)c1ccc(C#N)cc1. The molecule has 18 heavy (non-hydrogen) atoms. The molecule has 0 saturated carbocycles. The van der Waals surface area contributed by atoms with Crippen LogP contribution in [0.1, 0.15) is 15.9 Å². The number of carboxylic acid groups (broad SMARTS) is 1. The number of nitrogens with zero attached hydrogens (tertiary/aromatic N) is 2. The Morgan fingerprint density at radius 1 is 1.39 bits per heavy atom.